The van der Waals surface area contributed by atoms with Gasteiger partial charge in [-0.3, -0.25) is 0 Å². The Kier molecular flexibility index (Phi) is 3.56. The molecule has 84 valence electrons. The lowest BCUT2D eigenvalue weighted by Gasteiger charge is -2.23. The van der Waals surface area contributed by atoms with Crippen LogP contribution in [0.25, 0.3) is 0 Å². The molecule has 0 amide bonds. The normalized spacial score (nSPS) is 11.9. The van der Waals surface area contributed by atoms with Gasteiger partial charge < -0.3 is 5.11 Å². The van der Waals surface area contributed by atoms with Gasteiger partial charge in [0.05, 0.1) is 0 Å². The van der Waals surface area contributed by atoms with Gasteiger partial charge in [0, 0.05) is 6.61 Å². The van der Waals surface area contributed by atoms with Crippen LogP contribution in [0.4, 0.5) is 0 Å². The molecular formula is C14H22O. The molecule has 0 aliphatic carbocycles. The molecule has 1 N–H and O–H groups in total. The number of benzene rings is 1. The zero-order chi connectivity index (χ0) is 11.6. The Morgan fingerprint density at radius 2 is 1.53 bits per heavy atom. The third kappa shape index (κ3) is 3.07. The molecule has 1 aromatic rings. The summed E-state index contributed by atoms with van der Waals surface area (Å²) in [5.74, 6) is 0. The Bertz CT molecular complexity index is 351. The van der Waals surface area contributed by atoms with Crippen LogP contribution in [0.15, 0.2) is 12.1 Å². The second kappa shape index (κ2) is 4.36. The van der Waals surface area contributed by atoms with E-state index >= 15 is 0 Å². The van der Waals surface area contributed by atoms with Crippen LogP contribution in [0.3, 0.4) is 0 Å². The van der Waals surface area contributed by atoms with Crippen molar-refractivity contribution < 1.29 is 5.11 Å². The van der Waals surface area contributed by atoms with Crippen LogP contribution in [0, 0.1) is 26.2 Å². The molecule has 0 aromatic heterocycles. The molecule has 0 atom stereocenters. The topological polar surface area (TPSA) is 20.2 Å². The molecule has 0 saturated carbocycles. The predicted molar refractivity (Wildman–Crippen MR) is 65.2 cm³/mol. The molecule has 0 saturated heterocycles. The van der Waals surface area contributed by atoms with Gasteiger partial charge in [-0.2, -0.15) is 0 Å². The van der Waals surface area contributed by atoms with Crippen LogP contribution in [-0.2, 0) is 6.42 Å². The first kappa shape index (κ1) is 12.3. The maximum atomic E-state index is 9.27. The summed E-state index contributed by atoms with van der Waals surface area (Å²) in [6, 6.07) is 4.49. The zero-order valence-electron chi connectivity index (χ0n) is 10.5. The second-order valence-electron chi connectivity index (χ2n) is 5.36. The van der Waals surface area contributed by atoms with Crippen LogP contribution < -0.4 is 0 Å². The summed E-state index contributed by atoms with van der Waals surface area (Å²) in [6.45, 7) is 10.9. The summed E-state index contributed by atoms with van der Waals surface area (Å²) in [7, 11) is 0. The fourth-order valence-electron chi connectivity index (χ4n) is 1.78. The van der Waals surface area contributed by atoms with Crippen molar-refractivity contribution in [3.8, 4) is 0 Å². The average molecular weight is 206 g/mol. The first-order chi connectivity index (χ1) is 6.85. The van der Waals surface area contributed by atoms with E-state index in [4.69, 9.17) is 0 Å². The minimum absolute atomic E-state index is 0.0214. The summed E-state index contributed by atoms with van der Waals surface area (Å²) in [4.78, 5) is 0. The summed E-state index contributed by atoms with van der Waals surface area (Å²) in [5.41, 5.74) is 5.35. The van der Waals surface area contributed by atoms with Crippen LogP contribution in [0.2, 0.25) is 0 Å². The number of aliphatic hydroxyl groups is 1. The van der Waals surface area contributed by atoms with Crippen LogP contribution in [0.5, 0.6) is 0 Å². The second-order valence-corrected chi connectivity index (χ2v) is 5.36. The number of rotatable bonds is 3. The van der Waals surface area contributed by atoms with Crippen molar-refractivity contribution in [2.24, 2.45) is 5.41 Å². The smallest absolute Gasteiger partial charge is 0.0485 e. The molecule has 15 heavy (non-hydrogen) atoms. The highest BCUT2D eigenvalue weighted by Crippen LogP contribution is 2.25. The van der Waals surface area contributed by atoms with E-state index in [0.717, 1.165) is 6.42 Å². The lowest BCUT2D eigenvalue weighted by molar-refractivity contribution is 0.159. The summed E-state index contributed by atoms with van der Waals surface area (Å²) >= 11 is 0. The van der Waals surface area contributed by atoms with E-state index in [-0.39, 0.29) is 12.0 Å². The molecule has 0 fully saturated rings. The van der Waals surface area contributed by atoms with Gasteiger partial charge in [-0.1, -0.05) is 26.0 Å². The van der Waals surface area contributed by atoms with Crippen molar-refractivity contribution >= 4 is 0 Å². The van der Waals surface area contributed by atoms with Crippen molar-refractivity contribution in [1.82, 2.24) is 0 Å². The maximum Gasteiger partial charge on any atom is 0.0485 e. The fraction of sp³-hybridized carbons (Fsp3) is 0.571. The van der Waals surface area contributed by atoms with Gasteiger partial charge in [0.15, 0.2) is 0 Å². The quantitative estimate of drug-likeness (QED) is 0.805. The van der Waals surface area contributed by atoms with E-state index in [2.05, 4.69) is 46.8 Å². The highest BCUT2D eigenvalue weighted by Gasteiger charge is 2.18. The van der Waals surface area contributed by atoms with E-state index in [9.17, 15) is 5.11 Å². The molecular weight excluding hydrogens is 184 g/mol. The van der Waals surface area contributed by atoms with E-state index in [1.54, 1.807) is 0 Å². The first-order valence-corrected chi connectivity index (χ1v) is 5.53. The highest BCUT2D eigenvalue weighted by molar-refractivity contribution is 5.36. The molecule has 0 aliphatic rings. The minimum atomic E-state index is -0.0214. The lowest BCUT2D eigenvalue weighted by atomic mass is 9.84. The Morgan fingerprint density at radius 1 is 1.00 bits per heavy atom. The van der Waals surface area contributed by atoms with E-state index in [0.29, 0.717) is 0 Å². The van der Waals surface area contributed by atoms with E-state index in [1.807, 2.05) is 0 Å². The fourth-order valence-corrected chi connectivity index (χ4v) is 1.78. The summed E-state index contributed by atoms with van der Waals surface area (Å²) in [6.07, 6.45) is 0.941. The third-order valence-corrected chi connectivity index (χ3v) is 3.05. The lowest BCUT2D eigenvalue weighted by Crippen LogP contribution is -2.20. The Labute approximate surface area is 93.1 Å². The van der Waals surface area contributed by atoms with Crippen molar-refractivity contribution in [3.63, 3.8) is 0 Å². The average Bonchev–Trinajstić information content (AvgIpc) is 2.14. The van der Waals surface area contributed by atoms with E-state index < -0.39 is 0 Å². The number of hydrogen-bond donors (Lipinski definition) is 1. The van der Waals surface area contributed by atoms with Gasteiger partial charge >= 0.3 is 0 Å². The molecule has 0 heterocycles. The molecule has 0 bridgehead atoms. The molecule has 1 nitrogen and oxygen atoms in total. The highest BCUT2D eigenvalue weighted by atomic mass is 16.3. The molecule has 0 unspecified atom stereocenters. The van der Waals surface area contributed by atoms with E-state index in [1.165, 1.54) is 22.3 Å². The van der Waals surface area contributed by atoms with Gasteiger partial charge in [-0.15, -0.1) is 0 Å². The monoisotopic (exact) mass is 206 g/mol. The molecule has 1 rings (SSSR count). The van der Waals surface area contributed by atoms with Gasteiger partial charge in [0.1, 0.15) is 0 Å². The largest absolute Gasteiger partial charge is 0.396 e. The van der Waals surface area contributed by atoms with Crippen molar-refractivity contribution in [1.29, 1.82) is 0 Å². The Morgan fingerprint density at radius 3 is 2.07 bits per heavy atom. The van der Waals surface area contributed by atoms with Crippen molar-refractivity contribution in [2.75, 3.05) is 6.61 Å². The van der Waals surface area contributed by atoms with Crippen LogP contribution in [0.1, 0.15) is 36.1 Å². The summed E-state index contributed by atoms with van der Waals surface area (Å²) in [5, 5.41) is 9.27. The third-order valence-electron chi connectivity index (χ3n) is 3.05. The van der Waals surface area contributed by atoms with Gasteiger partial charge in [-0.05, 0) is 54.9 Å². The Balaban J connectivity index is 3.01. The molecule has 0 radical (unpaired) electrons. The molecule has 0 aliphatic heterocycles. The van der Waals surface area contributed by atoms with Crippen LogP contribution in [-0.4, -0.2) is 11.7 Å². The standard InChI is InChI=1S/C14H22O/c1-10-6-12(3)13(7-11(10)2)8-14(4,5)9-15/h6-7,15H,8-9H2,1-5H3. The van der Waals surface area contributed by atoms with Crippen molar-refractivity contribution in [3.05, 3.63) is 34.4 Å². The van der Waals surface area contributed by atoms with Gasteiger partial charge in [-0.25, -0.2) is 0 Å². The first-order valence-electron chi connectivity index (χ1n) is 5.53. The molecule has 0 spiro atoms. The van der Waals surface area contributed by atoms with Crippen LogP contribution >= 0.6 is 0 Å². The molecule has 1 heteroatoms. The SMILES string of the molecule is Cc1cc(C)c(CC(C)(C)CO)cc1C. The Hall–Kier alpha value is -0.820. The maximum absolute atomic E-state index is 9.27. The number of aliphatic hydroxyl groups excluding tert-OH is 1. The van der Waals surface area contributed by atoms with Gasteiger partial charge in [0.2, 0.25) is 0 Å². The van der Waals surface area contributed by atoms with Gasteiger partial charge in [0.25, 0.3) is 0 Å². The van der Waals surface area contributed by atoms with Crippen molar-refractivity contribution in [2.45, 2.75) is 41.0 Å². The molecule has 1 aromatic carbocycles. The number of aryl methyl sites for hydroxylation is 3. The summed E-state index contributed by atoms with van der Waals surface area (Å²) < 4.78 is 0. The predicted octanol–water partition coefficient (Wildman–Crippen LogP) is 3.17. The minimum Gasteiger partial charge on any atom is -0.396 e. The number of hydrogen-bond acceptors (Lipinski definition) is 1. The zero-order valence-corrected chi connectivity index (χ0v) is 10.5.